The van der Waals surface area contributed by atoms with Gasteiger partial charge in [0.05, 0.1) is 5.60 Å². The third kappa shape index (κ3) is 4.12. The van der Waals surface area contributed by atoms with E-state index >= 15 is 0 Å². The van der Waals surface area contributed by atoms with Crippen LogP contribution in [-0.4, -0.2) is 17.3 Å². The van der Waals surface area contributed by atoms with Crippen molar-refractivity contribution in [2.75, 3.05) is 6.54 Å². The first kappa shape index (κ1) is 13.5. The highest BCUT2D eigenvalue weighted by Crippen LogP contribution is 2.17. The van der Waals surface area contributed by atoms with Gasteiger partial charge in [0.15, 0.2) is 0 Å². The summed E-state index contributed by atoms with van der Waals surface area (Å²) in [5, 5.41) is 13.9. The standard InChI is InChI=1S/C13H20ClNO/c1-4-13(3,16)9-15-10(2)11-5-7-12(14)8-6-11/h5-8,10,15-16H,4,9H2,1-3H3. The zero-order valence-electron chi connectivity index (χ0n) is 10.1. The average molecular weight is 242 g/mol. The quantitative estimate of drug-likeness (QED) is 0.830. The van der Waals surface area contributed by atoms with E-state index in [1.165, 1.54) is 5.56 Å². The molecular weight excluding hydrogens is 222 g/mol. The molecule has 1 aromatic carbocycles. The second-order valence-corrected chi connectivity index (χ2v) is 4.94. The van der Waals surface area contributed by atoms with Gasteiger partial charge in [-0.3, -0.25) is 0 Å². The normalized spacial score (nSPS) is 16.8. The minimum atomic E-state index is -0.638. The largest absolute Gasteiger partial charge is 0.389 e. The van der Waals surface area contributed by atoms with Gasteiger partial charge in [-0.15, -0.1) is 0 Å². The smallest absolute Gasteiger partial charge is 0.0741 e. The van der Waals surface area contributed by atoms with Crippen molar-refractivity contribution in [3.8, 4) is 0 Å². The Labute approximate surface area is 103 Å². The van der Waals surface area contributed by atoms with Crippen molar-refractivity contribution in [3.63, 3.8) is 0 Å². The molecule has 0 fully saturated rings. The van der Waals surface area contributed by atoms with Gasteiger partial charge >= 0.3 is 0 Å². The van der Waals surface area contributed by atoms with Crippen molar-refractivity contribution < 1.29 is 5.11 Å². The number of nitrogens with one attached hydrogen (secondary N) is 1. The summed E-state index contributed by atoms with van der Waals surface area (Å²) in [6, 6.07) is 7.98. The molecule has 0 heterocycles. The fourth-order valence-corrected chi connectivity index (χ4v) is 1.49. The van der Waals surface area contributed by atoms with Gasteiger partial charge < -0.3 is 10.4 Å². The summed E-state index contributed by atoms with van der Waals surface area (Å²) in [5.41, 5.74) is 0.539. The fourth-order valence-electron chi connectivity index (χ4n) is 1.37. The van der Waals surface area contributed by atoms with E-state index in [0.29, 0.717) is 6.54 Å². The Morgan fingerprint density at radius 3 is 2.44 bits per heavy atom. The van der Waals surface area contributed by atoms with Crippen LogP contribution in [0.5, 0.6) is 0 Å². The van der Waals surface area contributed by atoms with E-state index in [0.717, 1.165) is 11.4 Å². The zero-order chi connectivity index (χ0) is 12.2. The molecule has 1 aromatic rings. The summed E-state index contributed by atoms with van der Waals surface area (Å²) < 4.78 is 0. The fraction of sp³-hybridized carbons (Fsp3) is 0.538. The minimum Gasteiger partial charge on any atom is -0.389 e. The highest BCUT2D eigenvalue weighted by Gasteiger charge is 2.18. The number of benzene rings is 1. The number of rotatable bonds is 5. The lowest BCUT2D eigenvalue weighted by Gasteiger charge is -2.24. The van der Waals surface area contributed by atoms with Crippen LogP contribution in [0.2, 0.25) is 5.02 Å². The molecule has 2 nitrogen and oxygen atoms in total. The van der Waals surface area contributed by atoms with Crippen molar-refractivity contribution in [1.29, 1.82) is 0 Å². The summed E-state index contributed by atoms with van der Waals surface area (Å²) >= 11 is 5.83. The highest BCUT2D eigenvalue weighted by atomic mass is 35.5. The molecule has 0 bridgehead atoms. The minimum absolute atomic E-state index is 0.218. The molecule has 0 aliphatic rings. The summed E-state index contributed by atoms with van der Waals surface area (Å²) in [7, 11) is 0. The zero-order valence-corrected chi connectivity index (χ0v) is 10.9. The molecule has 90 valence electrons. The maximum atomic E-state index is 9.88. The second-order valence-electron chi connectivity index (χ2n) is 4.50. The Morgan fingerprint density at radius 1 is 1.38 bits per heavy atom. The Hall–Kier alpha value is -0.570. The van der Waals surface area contributed by atoms with Crippen LogP contribution in [0.3, 0.4) is 0 Å². The third-order valence-corrected chi connectivity index (χ3v) is 3.17. The summed E-state index contributed by atoms with van der Waals surface area (Å²) in [5.74, 6) is 0. The molecule has 0 saturated carbocycles. The van der Waals surface area contributed by atoms with Gasteiger partial charge in [0, 0.05) is 17.6 Å². The summed E-state index contributed by atoms with van der Waals surface area (Å²) in [6.45, 7) is 6.49. The van der Waals surface area contributed by atoms with Crippen LogP contribution in [0.1, 0.15) is 38.8 Å². The van der Waals surface area contributed by atoms with Crippen molar-refractivity contribution in [2.45, 2.75) is 38.8 Å². The molecule has 0 aliphatic carbocycles. The van der Waals surface area contributed by atoms with Gasteiger partial charge in [0.2, 0.25) is 0 Å². The number of hydrogen-bond donors (Lipinski definition) is 2. The monoisotopic (exact) mass is 241 g/mol. The number of hydrogen-bond acceptors (Lipinski definition) is 2. The molecule has 0 amide bonds. The molecule has 0 aliphatic heterocycles. The SMILES string of the molecule is CCC(C)(O)CNC(C)c1ccc(Cl)cc1. The molecule has 2 unspecified atom stereocenters. The first-order valence-electron chi connectivity index (χ1n) is 5.66. The van der Waals surface area contributed by atoms with Gasteiger partial charge in [-0.05, 0) is 38.0 Å². The van der Waals surface area contributed by atoms with E-state index in [-0.39, 0.29) is 6.04 Å². The van der Waals surface area contributed by atoms with Gasteiger partial charge in [-0.1, -0.05) is 30.7 Å². The molecule has 0 saturated heterocycles. The van der Waals surface area contributed by atoms with E-state index < -0.39 is 5.60 Å². The van der Waals surface area contributed by atoms with Crippen LogP contribution in [0.15, 0.2) is 24.3 Å². The molecule has 0 aromatic heterocycles. The van der Waals surface area contributed by atoms with Gasteiger partial charge in [-0.2, -0.15) is 0 Å². The lowest BCUT2D eigenvalue weighted by atomic mass is 10.0. The maximum Gasteiger partial charge on any atom is 0.0741 e. The van der Waals surface area contributed by atoms with Crippen molar-refractivity contribution in [2.24, 2.45) is 0 Å². The van der Waals surface area contributed by atoms with Crippen molar-refractivity contribution in [3.05, 3.63) is 34.9 Å². The summed E-state index contributed by atoms with van der Waals surface area (Å²) in [4.78, 5) is 0. The van der Waals surface area contributed by atoms with E-state index in [1.54, 1.807) is 0 Å². The Kier molecular flexibility index (Phi) is 4.78. The van der Waals surface area contributed by atoms with Crippen LogP contribution < -0.4 is 5.32 Å². The number of halogens is 1. The van der Waals surface area contributed by atoms with Gasteiger partial charge in [0.1, 0.15) is 0 Å². The second kappa shape index (κ2) is 5.67. The Bertz CT molecular complexity index is 321. The Morgan fingerprint density at radius 2 is 1.94 bits per heavy atom. The topological polar surface area (TPSA) is 32.3 Å². The summed E-state index contributed by atoms with van der Waals surface area (Å²) in [6.07, 6.45) is 0.743. The predicted molar refractivity (Wildman–Crippen MR) is 68.8 cm³/mol. The predicted octanol–water partition coefficient (Wildman–Crippen LogP) is 3.15. The molecule has 0 radical (unpaired) electrons. The van der Waals surface area contributed by atoms with Crippen molar-refractivity contribution in [1.82, 2.24) is 5.32 Å². The lowest BCUT2D eigenvalue weighted by Crippen LogP contribution is -2.38. The van der Waals surface area contributed by atoms with Crippen LogP contribution in [-0.2, 0) is 0 Å². The van der Waals surface area contributed by atoms with Crippen LogP contribution >= 0.6 is 11.6 Å². The van der Waals surface area contributed by atoms with E-state index in [1.807, 2.05) is 38.1 Å². The average Bonchev–Trinajstić information content (AvgIpc) is 2.27. The lowest BCUT2D eigenvalue weighted by molar-refractivity contribution is 0.0533. The first-order chi connectivity index (χ1) is 7.44. The molecule has 16 heavy (non-hydrogen) atoms. The highest BCUT2D eigenvalue weighted by molar-refractivity contribution is 6.30. The molecule has 2 atom stereocenters. The van der Waals surface area contributed by atoms with Crippen LogP contribution in [0.4, 0.5) is 0 Å². The van der Waals surface area contributed by atoms with Crippen LogP contribution in [0, 0.1) is 0 Å². The molecule has 3 heteroatoms. The van der Waals surface area contributed by atoms with Crippen LogP contribution in [0.25, 0.3) is 0 Å². The molecule has 0 spiro atoms. The molecular formula is C13H20ClNO. The Balaban J connectivity index is 2.53. The first-order valence-corrected chi connectivity index (χ1v) is 6.03. The van der Waals surface area contributed by atoms with Crippen molar-refractivity contribution >= 4 is 11.6 Å². The van der Waals surface area contributed by atoms with E-state index in [9.17, 15) is 5.11 Å². The molecule has 2 N–H and O–H groups in total. The van der Waals surface area contributed by atoms with Gasteiger partial charge in [0.25, 0.3) is 0 Å². The third-order valence-electron chi connectivity index (χ3n) is 2.92. The van der Waals surface area contributed by atoms with E-state index in [2.05, 4.69) is 12.2 Å². The molecule has 1 rings (SSSR count). The van der Waals surface area contributed by atoms with Gasteiger partial charge in [-0.25, -0.2) is 0 Å². The number of aliphatic hydroxyl groups is 1. The van der Waals surface area contributed by atoms with E-state index in [4.69, 9.17) is 11.6 Å². The maximum absolute atomic E-state index is 9.88.